The Morgan fingerprint density at radius 3 is 3.00 bits per heavy atom. The highest BCUT2D eigenvalue weighted by atomic mass is 79.9. The Labute approximate surface area is 114 Å². The third-order valence-corrected chi connectivity index (χ3v) is 4.12. The van der Waals surface area contributed by atoms with E-state index in [1.165, 1.54) is 11.2 Å². The molecule has 3 rings (SSSR count). The average Bonchev–Trinajstić information content (AvgIpc) is 2.49. The van der Waals surface area contributed by atoms with Crippen LogP contribution in [0.25, 0.3) is 11.0 Å². The van der Waals surface area contributed by atoms with Crippen LogP contribution in [0, 0.1) is 4.77 Å². The van der Waals surface area contributed by atoms with Gasteiger partial charge >= 0.3 is 0 Å². The van der Waals surface area contributed by atoms with Gasteiger partial charge in [0.15, 0.2) is 4.77 Å². The summed E-state index contributed by atoms with van der Waals surface area (Å²) in [6.07, 6.45) is 1.14. The van der Waals surface area contributed by atoms with Gasteiger partial charge in [-0.15, -0.1) is 0 Å². The lowest BCUT2D eigenvalue weighted by molar-refractivity contribution is 0.652. The topological polar surface area (TPSA) is 24.0 Å². The molecule has 0 radical (unpaired) electrons. The maximum Gasteiger partial charge on any atom is 0.178 e. The highest BCUT2D eigenvalue weighted by molar-refractivity contribution is 9.10. The van der Waals surface area contributed by atoms with Crippen LogP contribution >= 0.6 is 28.1 Å². The predicted molar refractivity (Wildman–Crippen MR) is 77.3 cm³/mol. The Balaban J connectivity index is 2.41. The zero-order valence-corrected chi connectivity index (χ0v) is 12.1. The highest BCUT2D eigenvalue weighted by Crippen LogP contribution is 2.33. The molecule has 1 N–H and O–H groups in total. The zero-order valence-electron chi connectivity index (χ0n) is 9.66. The summed E-state index contributed by atoms with van der Waals surface area (Å²) in [5, 5.41) is 0. The fraction of sp³-hybridized carbons (Fsp3) is 0.417. The van der Waals surface area contributed by atoms with Crippen LogP contribution in [0.15, 0.2) is 16.6 Å². The van der Waals surface area contributed by atoms with Gasteiger partial charge in [-0.1, -0.05) is 15.9 Å². The second-order valence-corrected chi connectivity index (χ2v) is 5.64. The van der Waals surface area contributed by atoms with E-state index in [1.807, 2.05) is 0 Å². The molecule has 1 aromatic heterocycles. The number of nitrogens with one attached hydrogen (secondary N) is 1. The lowest BCUT2D eigenvalue weighted by Gasteiger charge is -2.21. The Bertz CT molecular complexity index is 628. The SMILES string of the molecule is CCN1CCCn2c(=S)[nH]c3cc(Br)cc1c32. The molecule has 1 aliphatic heterocycles. The molecule has 1 aromatic carbocycles. The summed E-state index contributed by atoms with van der Waals surface area (Å²) in [7, 11) is 0. The van der Waals surface area contributed by atoms with Crippen molar-refractivity contribution in [3.8, 4) is 0 Å². The van der Waals surface area contributed by atoms with E-state index in [0.717, 1.165) is 40.8 Å². The summed E-state index contributed by atoms with van der Waals surface area (Å²) < 4.78 is 4.16. The standard InChI is InChI=1S/C12H14BrN3S/c1-2-15-4-3-5-16-11-9(14-12(16)17)6-8(13)7-10(11)15/h6-7H,2-5H2,1H3,(H,14,17). The molecule has 0 amide bonds. The lowest BCUT2D eigenvalue weighted by atomic mass is 10.2. The quantitative estimate of drug-likeness (QED) is 0.812. The molecule has 0 aliphatic carbocycles. The van der Waals surface area contributed by atoms with Gasteiger partial charge in [0.25, 0.3) is 0 Å². The van der Waals surface area contributed by atoms with Gasteiger partial charge in [-0.3, -0.25) is 0 Å². The second kappa shape index (κ2) is 4.14. The van der Waals surface area contributed by atoms with Gasteiger partial charge in [-0.25, -0.2) is 0 Å². The predicted octanol–water partition coefficient (Wildman–Crippen LogP) is 3.69. The third-order valence-electron chi connectivity index (χ3n) is 3.34. The van der Waals surface area contributed by atoms with E-state index >= 15 is 0 Å². The van der Waals surface area contributed by atoms with Crippen molar-refractivity contribution >= 4 is 44.9 Å². The molecule has 0 fully saturated rings. The van der Waals surface area contributed by atoms with Crippen LogP contribution in [0.2, 0.25) is 0 Å². The molecule has 90 valence electrons. The number of rotatable bonds is 1. The zero-order chi connectivity index (χ0) is 12.0. The molecular formula is C12H14BrN3S. The molecule has 0 saturated carbocycles. The number of anilines is 1. The summed E-state index contributed by atoms with van der Waals surface area (Å²) in [4.78, 5) is 5.71. The van der Waals surface area contributed by atoms with Gasteiger partial charge in [0.05, 0.1) is 16.7 Å². The highest BCUT2D eigenvalue weighted by Gasteiger charge is 2.18. The number of hydrogen-bond donors (Lipinski definition) is 1. The van der Waals surface area contributed by atoms with E-state index in [9.17, 15) is 0 Å². The van der Waals surface area contributed by atoms with E-state index in [4.69, 9.17) is 12.2 Å². The molecule has 0 atom stereocenters. The van der Waals surface area contributed by atoms with E-state index in [-0.39, 0.29) is 0 Å². The monoisotopic (exact) mass is 311 g/mol. The second-order valence-electron chi connectivity index (χ2n) is 4.34. The van der Waals surface area contributed by atoms with Gasteiger partial charge < -0.3 is 14.5 Å². The normalized spacial score (nSPS) is 15.3. The van der Waals surface area contributed by atoms with Crippen molar-refractivity contribution in [1.82, 2.24) is 9.55 Å². The molecular weight excluding hydrogens is 298 g/mol. The van der Waals surface area contributed by atoms with E-state index in [0.29, 0.717) is 0 Å². The van der Waals surface area contributed by atoms with Crippen molar-refractivity contribution < 1.29 is 0 Å². The largest absolute Gasteiger partial charge is 0.370 e. The third kappa shape index (κ3) is 1.72. The molecule has 0 spiro atoms. The number of benzene rings is 1. The minimum atomic E-state index is 0.831. The van der Waals surface area contributed by atoms with Gasteiger partial charge in [-0.2, -0.15) is 0 Å². The van der Waals surface area contributed by atoms with Gasteiger partial charge in [0.1, 0.15) is 0 Å². The number of aromatic amines is 1. The first-order valence-corrected chi connectivity index (χ1v) is 7.08. The van der Waals surface area contributed by atoms with E-state index in [1.54, 1.807) is 0 Å². The van der Waals surface area contributed by atoms with Gasteiger partial charge in [0.2, 0.25) is 0 Å². The smallest absolute Gasteiger partial charge is 0.178 e. The number of halogens is 1. The van der Waals surface area contributed by atoms with Crippen molar-refractivity contribution in [2.45, 2.75) is 19.9 Å². The molecule has 17 heavy (non-hydrogen) atoms. The molecule has 0 saturated heterocycles. The Morgan fingerprint density at radius 2 is 2.24 bits per heavy atom. The van der Waals surface area contributed by atoms with Crippen LogP contribution < -0.4 is 4.90 Å². The van der Waals surface area contributed by atoms with Crippen molar-refractivity contribution in [3.05, 3.63) is 21.4 Å². The number of H-pyrrole nitrogens is 1. The first-order chi connectivity index (χ1) is 8.20. The molecule has 3 nitrogen and oxygen atoms in total. The molecule has 0 bridgehead atoms. The van der Waals surface area contributed by atoms with E-state index < -0.39 is 0 Å². The Morgan fingerprint density at radius 1 is 1.41 bits per heavy atom. The van der Waals surface area contributed by atoms with Crippen LogP contribution in [0.3, 0.4) is 0 Å². The van der Waals surface area contributed by atoms with Gasteiger partial charge in [-0.05, 0) is 37.7 Å². The first kappa shape index (κ1) is 11.3. The van der Waals surface area contributed by atoms with Crippen LogP contribution in [0.5, 0.6) is 0 Å². The number of aromatic nitrogens is 2. The van der Waals surface area contributed by atoms with E-state index in [2.05, 4.69) is 49.4 Å². The number of nitrogens with zero attached hydrogens (tertiary/aromatic N) is 2. The minimum Gasteiger partial charge on any atom is -0.370 e. The molecule has 1 aliphatic rings. The average molecular weight is 312 g/mol. The number of imidazole rings is 1. The fourth-order valence-electron chi connectivity index (χ4n) is 2.57. The summed E-state index contributed by atoms with van der Waals surface area (Å²) >= 11 is 8.97. The fourth-order valence-corrected chi connectivity index (χ4v) is 3.31. The molecule has 2 heterocycles. The maximum atomic E-state index is 5.40. The summed E-state index contributed by atoms with van der Waals surface area (Å²) in [6, 6.07) is 4.29. The van der Waals surface area contributed by atoms with Crippen molar-refractivity contribution in [2.24, 2.45) is 0 Å². The lowest BCUT2D eigenvalue weighted by Crippen LogP contribution is -2.23. The summed E-state index contributed by atoms with van der Waals surface area (Å²) in [6.45, 7) is 5.33. The molecule has 5 heteroatoms. The van der Waals surface area contributed by atoms with Crippen LogP contribution in [-0.4, -0.2) is 22.6 Å². The van der Waals surface area contributed by atoms with Crippen LogP contribution in [0.1, 0.15) is 13.3 Å². The van der Waals surface area contributed by atoms with Crippen molar-refractivity contribution in [2.75, 3.05) is 18.0 Å². The number of aryl methyl sites for hydroxylation is 1. The molecule has 0 unspecified atom stereocenters. The maximum absolute atomic E-state index is 5.40. The Kier molecular flexibility index (Phi) is 2.75. The first-order valence-electron chi connectivity index (χ1n) is 5.87. The van der Waals surface area contributed by atoms with Crippen LogP contribution in [0.4, 0.5) is 5.69 Å². The summed E-state index contributed by atoms with van der Waals surface area (Å²) in [5.74, 6) is 0. The number of hydrogen-bond acceptors (Lipinski definition) is 2. The Hall–Kier alpha value is -0.810. The van der Waals surface area contributed by atoms with Crippen molar-refractivity contribution in [3.63, 3.8) is 0 Å². The summed E-state index contributed by atoms with van der Waals surface area (Å²) in [5.41, 5.74) is 3.65. The minimum absolute atomic E-state index is 0.831. The van der Waals surface area contributed by atoms with Gasteiger partial charge in [0, 0.05) is 24.1 Å². The van der Waals surface area contributed by atoms with Crippen LogP contribution in [-0.2, 0) is 6.54 Å². The molecule has 2 aromatic rings. The van der Waals surface area contributed by atoms with Crippen molar-refractivity contribution in [1.29, 1.82) is 0 Å².